The van der Waals surface area contributed by atoms with Crippen molar-refractivity contribution >= 4 is 5.78 Å². The van der Waals surface area contributed by atoms with Gasteiger partial charge in [-0.1, -0.05) is 78.0 Å². The lowest BCUT2D eigenvalue weighted by Gasteiger charge is -2.19. The Morgan fingerprint density at radius 1 is 0.923 bits per heavy atom. The van der Waals surface area contributed by atoms with Crippen molar-refractivity contribution in [2.24, 2.45) is 11.8 Å². The normalized spacial score (nSPS) is 12.5. The van der Waals surface area contributed by atoms with Crippen LogP contribution in [0.4, 0.5) is 0 Å². The van der Waals surface area contributed by atoms with E-state index in [-0.39, 0.29) is 5.92 Å². The minimum atomic E-state index is 0.251. The standard InChI is InChI=1S/C25H42O/c1-6-13-23(14-7-2)25(26)21(5)15-11-9-10-12-16-24-19-22(8-3)18-17-20(24)4/h17-19,21,23H,6-16H2,1-5H3. The highest BCUT2D eigenvalue weighted by Crippen LogP contribution is 2.23. The Morgan fingerprint density at radius 2 is 1.58 bits per heavy atom. The molecule has 148 valence electrons. The molecule has 0 spiro atoms. The van der Waals surface area contributed by atoms with Gasteiger partial charge in [0.25, 0.3) is 0 Å². The van der Waals surface area contributed by atoms with E-state index in [1.165, 1.54) is 48.8 Å². The predicted molar refractivity (Wildman–Crippen MR) is 115 cm³/mol. The second-order valence-corrected chi connectivity index (χ2v) is 8.14. The molecule has 0 aliphatic heterocycles. The molecular formula is C25H42O. The smallest absolute Gasteiger partial charge is 0.138 e. The van der Waals surface area contributed by atoms with Gasteiger partial charge in [-0.2, -0.15) is 0 Å². The van der Waals surface area contributed by atoms with Gasteiger partial charge in [0.2, 0.25) is 0 Å². The van der Waals surface area contributed by atoms with E-state index >= 15 is 0 Å². The van der Waals surface area contributed by atoms with Crippen LogP contribution in [-0.2, 0) is 17.6 Å². The zero-order valence-corrected chi connectivity index (χ0v) is 18.1. The van der Waals surface area contributed by atoms with E-state index in [0.29, 0.717) is 11.7 Å². The molecule has 26 heavy (non-hydrogen) atoms. The summed E-state index contributed by atoms with van der Waals surface area (Å²) < 4.78 is 0. The summed E-state index contributed by atoms with van der Waals surface area (Å²) in [6.45, 7) is 11.0. The van der Waals surface area contributed by atoms with Crippen LogP contribution >= 0.6 is 0 Å². The van der Waals surface area contributed by atoms with Gasteiger partial charge in [-0.15, -0.1) is 0 Å². The summed E-state index contributed by atoms with van der Waals surface area (Å²) in [7, 11) is 0. The van der Waals surface area contributed by atoms with Gasteiger partial charge < -0.3 is 0 Å². The maximum Gasteiger partial charge on any atom is 0.138 e. The lowest BCUT2D eigenvalue weighted by molar-refractivity contribution is -0.127. The number of benzene rings is 1. The molecule has 1 atom stereocenters. The van der Waals surface area contributed by atoms with Crippen LogP contribution in [0.2, 0.25) is 0 Å². The van der Waals surface area contributed by atoms with E-state index in [2.05, 4.69) is 52.8 Å². The van der Waals surface area contributed by atoms with Crippen LogP contribution in [-0.4, -0.2) is 5.78 Å². The molecular weight excluding hydrogens is 316 g/mol. The van der Waals surface area contributed by atoms with Crippen LogP contribution in [0, 0.1) is 18.8 Å². The first kappa shape index (κ1) is 22.9. The van der Waals surface area contributed by atoms with Crippen molar-refractivity contribution in [3.8, 4) is 0 Å². The number of unbranched alkanes of at least 4 members (excludes halogenated alkanes) is 3. The Labute approximate surface area is 163 Å². The minimum Gasteiger partial charge on any atom is -0.299 e. The highest BCUT2D eigenvalue weighted by atomic mass is 16.1. The van der Waals surface area contributed by atoms with Crippen LogP contribution in [0.15, 0.2) is 18.2 Å². The van der Waals surface area contributed by atoms with Crippen molar-refractivity contribution in [1.82, 2.24) is 0 Å². The zero-order valence-electron chi connectivity index (χ0n) is 18.1. The summed E-state index contributed by atoms with van der Waals surface area (Å²) in [6.07, 6.45) is 12.8. The van der Waals surface area contributed by atoms with E-state index in [4.69, 9.17) is 0 Å². The first-order valence-electron chi connectivity index (χ1n) is 11.2. The Bertz CT molecular complexity index is 511. The molecule has 0 aliphatic rings. The van der Waals surface area contributed by atoms with Crippen LogP contribution in [0.5, 0.6) is 0 Å². The Hall–Kier alpha value is -1.11. The molecule has 1 unspecified atom stereocenters. The largest absolute Gasteiger partial charge is 0.299 e. The molecule has 0 radical (unpaired) electrons. The van der Waals surface area contributed by atoms with Crippen LogP contribution < -0.4 is 0 Å². The van der Waals surface area contributed by atoms with E-state index in [0.717, 1.165) is 38.5 Å². The average Bonchev–Trinajstić information content (AvgIpc) is 2.64. The van der Waals surface area contributed by atoms with Gasteiger partial charge >= 0.3 is 0 Å². The molecule has 0 N–H and O–H groups in total. The molecule has 0 aliphatic carbocycles. The van der Waals surface area contributed by atoms with Crippen LogP contribution in [0.1, 0.15) is 102 Å². The van der Waals surface area contributed by atoms with E-state index < -0.39 is 0 Å². The summed E-state index contributed by atoms with van der Waals surface area (Å²) in [5.74, 6) is 1.09. The molecule has 1 heteroatoms. The monoisotopic (exact) mass is 358 g/mol. The van der Waals surface area contributed by atoms with Gasteiger partial charge in [0.05, 0.1) is 0 Å². The summed E-state index contributed by atoms with van der Waals surface area (Å²) in [5, 5.41) is 0. The lowest BCUT2D eigenvalue weighted by atomic mass is 9.85. The third kappa shape index (κ3) is 8.06. The van der Waals surface area contributed by atoms with Crippen molar-refractivity contribution in [2.45, 2.75) is 105 Å². The van der Waals surface area contributed by atoms with Gasteiger partial charge in [0.1, 0.15) is 5.78 Å². The fraction of sp³-hybridized carbons (Fsp3) is 0.720. The van der Waals surface area contributed by atoms with Gasteiger partial charge in [0.15, 0.2) is 0 Å². The van der Waals surface area contributed by atoms with E-state index in [1.54, 1.807) is 0 Å². The fourth-order valence-electron chi connectivity index (χ4n) is 4.00. The van der Waals surface area contributed by atoms with Crippen molar-refractivity contribution in [3.05, 3.63) is 34.9 Å². The molecule has 0 fully saturated rings. The van der Waals surface area contributed by atoms with Crippen molar-refractivity contribution < 1.29 is 4.79 Å². The average molecular weight is 359 g/mol. The SMILES string of the molecule is CCCC(CCC)C(=O)C(C)CCCCCCc1cc(CC)ccc1C. The Kier molecular flexibility index (Phi) is 11.6. The van der Waals surface area contributed by atoms with Crippen molar-refractivity contribution in [3.63, 3.8) is 0 Å². The van der Waals surface area contributed by atoms with Crippen molar-refractivity contribution in [2.75, 3.05) is 0 Å². The number of ketones is 1. The number of carbonyl (C=O) groups is 1. The first-order valence-corrected chi connectivity index (χ1v) is 11.2. The molecule has 1 rings (SSSR count). The van der Waals surface area contributed by atoms with Crippen molar-refractivity contribution in [1.29, 1.82) is 0 Å². The number of aryl methyl sites for hydroxylation is 3. The second-order valence-electron chi connectivity index (χ2n) is 8.14. The highest BCUT2D eigenvalue weighted by molar-refractivity contribution is 5.83. The van der Waals surface area contributed by atoms with Gasteiger partial charge in [0, 0.05) is 11.8 Å². The molecule has 0 bridgehead atoms. The maximum atomic E-state index is 12.6. The molecule has 1 nitrogen and oxygen atoms in total. The number of Topliss-reactive ketones (excluding diaryl/α,β-unsaturated/α-hetero) is 1. The summed E-state index contributed by atoms with van der Waals surface area (Å²) in [5.41, 5.74) is 4.40. The minimum absolute atomic E-state index is 0.251. The first-order chi connectivity index (χ1) is 12.5. The lowest BCUT2D eigenvalue weighted by Crippen LogP contribution is -2.21. The third-order valence-electron chi connectivity index (χ3n) is 5.82. The van der Waals surface area contributed by atoms with E-state index in [1.807, 2.05) is 0 Å². The molecule has 0 amide bonds. The molecule has 0 heterocycles. The second kappa shape index (κ2) is 13.1. The molecule has 0 aromatic heterocycles. The molecule has 0 saturated heterocycles. The van der Waals surface area contributed by atoms with Crippen LogP contribution in [0.25, 0.3) is 0 Å². The number of carbonyl (C=O) groups excluding carboxylic acids is 1. The van der Waals surface area contributed by atoms with Gasteiger partial charge in [-0.3, -0.25) is 4.79 Å². The fourth-order valence-corrected chi connectivity index (χ4v) is 4.00. The summed E-state index contributed by atoms with van der Waals surface area (Å²) in [6, 6.07) is 6.91. The molecule has 0 saturated carbocycles. The van der Waals surface area contributed by atoms with Gasteiger partial charge in [-0.25, -0.2) is 0 Å². The quantitative estimate of drug-likeness (QED) is 0.315. The highest BCUT2D eigenvalue weighted by Gasteiger charge is 2.21. The van der Waals surface area contributed by atoms with Gasteiger partial charge in [-0.05, 0) is 62.1 Å². The summed E-state index contributed by atoms with van der Waals surface area (Å²) in [4.78, 5) is 12.6. The van der Waals surface area contributed by atoms with Crippen LogP contribution in [0.3, 0.4) is 0 Å². The molecule has 1 aromatic carbocycles. The number of rotatable bonds is 14. The zero-order chi connectivity index (χ0) is 19.4. The molecule has 1 aromatic rings. The number of hydrogen-bond donors (Lipinski definition) is 0. The van der Waals surface area contributed by atoms with E-state index in [9.17, 15) is 4.79 Å². The topological polar surface area (TPSA) is 17.1 Å². The Morgan fingerprint density at radius 3 is 2.19 bits per heavy atom. The summed E-state index contributed by atoms with van der Waals surface area (Å²) >= 11 is 0. The predicted octanol–water partition coefficient (Wildman–Crippen LogP) is 7.47. The Balaban J connectivity index is 2.26. The number of hydrogen-bond acceptors (Lipinski definition) is 1. The maximum absolute atomic E-state index is 12.6. The third-order valence-corrected chi connectivity index (χ3v) is 5.82.